The normalized spacial score (nSPS) is 22.4. The summed E-state index contributed by atoms with van der Waals surface area (Å²) in [5, 5.41) is 9.27. The molecule has 0 aliphatic heterocycles. The Hall–Kier alpha value is -1.06. The highest BCUT2D eigenvalue weighted by Crippen LogP contribution is 2.27. The van der Waals surface area contributed by atoms with Crippen molar-refractivity contribution in [2.75, 3.05) is 26.7 Å². The predicted molar refractivity (Wildman–Crippen MR) is 77.6 cm³/mol. The quantitative estimate of drug-likeness (QED) is 0.855. The van der Waals surface area contributed by atoms with E-state index in [1.165, 1.54) is 11.1 Å². The lowest BCUT2D eigenvalue weighted by Gasteiger charge is -2.34. The Labute approximate surface area is 116 Å². The molecule has 1 aromatic rings. The molecule has 1 aromatic carbocycles. The van der Waals surface area contributed by atoms with Gasteiger partial charge in [-0.05, 0) is 56.8 Å². The van der Waals surface area contributed by atoms with Crippen LogP contribution in [-0.4, -0.2) is 42.9 Å². The summed E-state index contributed by atoms with van der Waals surface area (Å²) in [6.45, 7) is 6.87. The molecule has 0 unspecified atom stereocenters. The van der Waals surface area contributed by atoms with Crippen molar-refractivity contribution in [3.05, 3.63) is 29.3 Å². The molecule has 19 heavy (non-hydrogen) atoms. The molecule has 3 heteroatoms. The van der Waals surface area contributed by atoms with E-state index in [4.69, 9.17) is 4.74 Å². The Bertz CT molecular complexity index is 413. The second kappa shape index (κ2) is 6.40. The molecule has 1 aliphatic rings. The van der Waals surface area contributed by atoms with Gasteiger partial charge in [-0.2, -0.15) is 0 Å². The summed E-state index contributed by atoms with van der Waals surface area (Å²) in [5.41, 5.74) is 2.42. The van der Waals surface area contributed by atoms with Gasteiger partial charge >= 0.3 is 0 Å². The first kappa shape index (κ1) is 14.4. The molecule has 3 nitrogen and oxygen atoms in total. The van der Waals surface area contributed by atoms with Crippen LogP contribution in [0.5, 0.6) is 5.75 Å². The molecular formula is C16H25NO2. The van der Waals surface area contributed by atoms with Gasteiger partial charge in [-0.3, -0.25) is 0 Å². The Morgan fingerprint density at radius 3 is 2.74 bits per heavy atom. The van der Waals surface area contributed by atoms with Crippen LogP contribution in [0, 0.1) is 19.8 Å². The third-order valence-electron chi connectivity index (χ3n) is 3.85. The molecule has 0 aromatic heterocycles. The zero-order valence-corrected chi connectivity index (χ0v) is 12.2. The Kier molecular flexibility index (Phi) is 4.83. The number of nitrogens with zero attached hydrogens (tertiary/aromatic N) is 1. The summed E-state index contributed by atoms with van der Waals surface area (Å²) >= 11 is 0. The van der Waals surface area contributed by atoms with Gasteiger partial charge in [-0.1, -0.05) is 12.1 Å². The van der Waals surface area contributed by atoms with Gasteiger partial charge in [0.15, 0.2) is 0 Å². The number of hydrogen-bond acceptors (Lipinski definition) is 3. The Balaban J connectivity index is 1.69. The van der Waals surface area contributed by atoms with Gasteiger partial charge in [-0.15, -0.1) is 0 Å². The number of hydrogen-bond donors (Lipinski definition) is 1. The lowest BCUT2D eigenvalue weighted by molar-refractivity contribution is 0.0269. The smallest absolute Gasteiger partial charge is 0.122 e. The predicted octanol–water partition coefficient (Wildman–Crippen LogP) is 2.38. The van der Waals surface area contributed by atoms with Gasteiger partial charge in [0.1, 0.15) is 12.4 Å². The molecule has 1 N–H and O–H groups in total. The second-order valence-electron chi connectivity index (χ2n) is 5.87. The molecule has 0 radical (unpaired) electrons. The number of rotatable bonds is 6. The molecule has 106 valence electrons. The second-order valence-corrected chi connectivity index (χ2v) is 5.87. The van der Waals surface area contributed by atoms with Crippen molar-refractivity contribution in [3.8, 4) is 5.75 Å². The topological polar surface area (TPSA) is 32.7 Å². The van der Waals surface area contributed by atoms with Gasteiger partial charge < -0.3 is 14.7 Å². The van der Waals surface area contributed by atoms with Crippen LogP contribution in [0.1, 0.15) is 24.0 Å². The van der Waals surface area contributed by atoms with Crippen molar-refractivity contribution in [2.24, 2.45) is 5.92 Å². The molecule has 1 saturated carbocycles. The maximum Gasteiger partial charge on any atom is 0.122 e. The maximum absolute atomic E-state index is 9.27. The van der Waals surface area contributed by atoms with Crippen LogP contribution >= 0.6 is 0 Å². The van der Waals surface area contributed by atoms with Crippen molar-refractivity contribution in [1.82, 2.24) is 4.90 Å². The van der Waals surface area contributed by atoms with Gasteiger partial charge in [0.25, 0.3) is 0 Å². The fourth-order valence-electron chi connectivity index (χ4n) is 2.56. The van der Waals surface area contributed by atoms with Crippen LogP contribution in [0.4, 0.5) is 0 Å². The third-order valence-corrected chi connectivity index (χ3v) is 3.85. The number of aryl methyl sites for hydroxylation is 2. The summed E-state index contributed by atoms with van der Waals surface area (Å²) in [7, 11) is 2.12. The van der Waals surface area contributed by atoms with Crippen LogP contribution < -0.4 is 4.74 Å². The zero-order chi connectivity index (χ0) is 13.8. The van der Waals surface area contributed by atoms with Crippen molar-refractivity contribution < 1.29 is 9.84 Å². The lowest BCUT2D eigenvalue weighted by atomic mass is 9.82. The standard InChI is InChI=1S/C16H25NO2/c1-12-4-5-13(2)16(8-12)19-7-6-17(3)11-14-9-15(18)10-14/h4-5,8,14-15,18H,6-7,9-11H2,1-3H3. The van der Waals surface area contributed by atoms with Gasteiger partial charge in [0.2, 0.25) is 0 Å². The third kappa shape index (κ3) is 4.22. The molecular weight excluding hydrogens is 238 g/mol. The van der Waals surface area contributed by atoms with Gasteiger partial charge in [-0.25, -0.2) is 0 Å². The van der Waals surface area contributed by atoms with Gasteiger partial charge in [0.05, 0.1) is 6.10 Å². The molecule has 0 atom stereocenters. The van der Waals surface area contributed by atoms with E-state index in [0.717, 1.165) is 38.3 Å². The molecule has 1 aliphatic carbocycles. The van der Waals surface area contributed by atoms with Crippen LogP contribution in [0.2, 0.25) is 0 Å². The summed E-state index contributed by atoms with van der Waals surface area (Å²) in [4.78, 5) is 2.29. The number of ether oxygens (including phenoxy) is 1. The summed E-state index contributed by atoms with van der Waals surface area (Å²) < 4.78 is 5.85. The average Bonchev–Trinajstić information content (AvgIpc) is 2.32. The molecule has 2 rings (SSSR count). The molecule has 0 heterocycles. The minimum absolute atomic E-state index is 0.0513. The van der Waals surface area contributed by atoms with E-state index in [0.29, 0.717) is 5.92 Å². The first-order valence-corrected chi connectivity index (χ1v) is 7.11. The van der Waals surface area contributed by atoms with Crippen LogP contribution in [0.15, 0.2) is 18.2 Å². The molecule has 1 fully saturated rings. The average molecular weight is 263 g/mol. The first-order valence-electron chi connectivity index (χ1n) is 7.11. The summed E-state index contributed by atoms with van der Waals surface area (Å²) in [5.74, 6) is 1.66. The highest BCUT2D eigenvalue weighted by atomic mass is 16.5. The number of aliphatic hydroxyl groups is 1. The summed E-state index contributed by atoms with van der Waals surface area (Å²) in [6, 6.07) is 6.30. The zero-order valence-electron chi connectivity index (χ0n) is 12.2. The van der Waals surface area contributed by atoms with Crippen LogP contribution in [0.25, 0.3) is 0 Å². The highest BCUT2D eigenvalue weighted by molar-refractivity contribution is 5.35. The largest absolute Gasteiger partial charge is 0.492 e. The van der Waals surface area contributed by atoms with Crippen LogP contribution in [-0.2, 0) is 0 Å². The SMILES string of the molecule is Cc1ccc(C)c(OCCN(C)CC2CC(O)C2)c1. The van der Waals surface area contributed by atoms with Gasteiger partial charge in [0, 0.05) is 13.1 Å². The van der Waals surface area contributed by atoms with E-state index >= 15 is 0 Å². The van der Waals surface area contributed by atoms with Crippen molar-refractivity contribution >= 4 is 0 Å². The molecule has 0 bridgehead atoms. The van der Waals surface area contributed by atoms with E-state index in [1.54, 1.807) is 0 Å². The minimum Gasteiger partial charge on any atom is -0.492 e. The highest BCUT2D eigenvalue weighted by Gasteiger charge is 2.27. The fourth-order valence-corrected chi connectivity index (χ4v) is 2.56. The Morgan fingerprint density at radius 2 is 2.05 bits per heavy atom. The molecule has 0 saturated heterocycles. The Morgan fingerprint density at radius 1 is 1.32 bits per heavy atom. The lowest BCUT2D eigenvalue weighted by Crippen LogP contribution is -2.38. The summed E-state index contributed by atoms with van der Waals surface area (Å²) in [6.07, 6.45) is 1.87. The minimum atomic E-state index is -0.0513. The maximum atomic E-state index is 9.27. The molecule has 0 spiro atoms. The number of aliphatic hydroxyl groups excluding tert-OH is 1. The van der Waals surface area contributed by atoms with E-state index in [2.05, 4.69) is 44.0 Å². The molecule has 0 amide bonds. The first-order chi connectivity index (χ1) is 9.04. The van der Waals surface area contributed by atoms with E-state index in [1.807, 2.05) is 0 Å². The van der Waals surface area contributed by atoms with E-state index < -0.39 is 0 Å². The fraction of sp³-hybridized carbons (Fsp3) is 0.625. The monoisotopic (exact) mass is 263 g/mol. The van der Waals surface area contributed by atoms with Crippen molar-refractivity contribution in [3.63, 3.8) is 0 Å². The number of benzene rings is 1. The van der Waals surface area contributed by atoms with E-state index in [9.17, 15) is 5.11 Å². The number of likely N-dealkylation sites (N-methyl/N-ethyl adjacent to an activating group) is 1. The van der Waals surface area contributed by atoms with E-state index in [-0.39, 0.29) is 6.10 Å². The van der Waals surface area contributed by atoms with Crippen molar-refractivity contribution in [1.29, 1.82) is 0 Å². The van der Waals surface area contributed by atoms with Crippen LogP contribution in [0.3, 0.4) is 0 Å². The van der Waals surface area contributed by atoms with Crippen molar-refractivity contribution in [2.45, 2.75) is 32.8 Å².